The van der Waals surface area contributed by atoms with E-state index in [1.165, 1.54) is 44.1 Å². The number of allylic oxidation sites excluding steroid dienone is 5. The fraction of sp³-hybridized carbons (Fsp3) is 0.381. The van der Waals surface area contributed by atoms with Gasteiger partial charge >= 0.3 is 0 Å². The average Bonchev–Trinajstić information content (AvgIpc) is 2.84. The van der Waals surface area contributed by atoms with Gasteiger partial charge in [-0.15, -0.1) is 5.73 Å². The van der Waals surface area contributed by atoms with Gasteiger partial charge in [0, 0.05) is 5.41 Å². The molecule has 0 atom stereocenters. The lowest BCUT2D eigenvalue weighted by atomic mass is 9.63. The van der Waals surface area contributed by atoms with Gasteiger partial charge in [-0.3, -0.25) is 0 Å². The van der Waals surface area contributed by atoms with Crippen LogP contribution >= 0.6 is 0 Å². The second-order valence-corrected chi connectivity index (χ2v) is 6.58. The highest BCUT2D eigenvalue weighted by Crippen LogP contribution is 2.50. The molecule has 0 heterocycles. The Hall–Kier alpha value is -1.78. The van der Waals surface area contributed by atoms with Gasteiger partial charge in [0.25, 0.3) is 0 Å². The van der Waals surface area contributed by atoms with E-state index in [1.54, 1.807) is 16.7 Å². The standard InChI is InChI=1S/C21H22/c1-3-9-17-13-14-18-10-5-6-12-20(18)21(19(17)11-4-1)15-7-2-8-16-21/h1,4-6,9-12H,2,7-8,13-16H2. The van der Waals surface area contributed by atoms with E-state index in [2.05, 4.69) is 54.3 Å². The highest BCUT2D eigenvalue weighted by molar-refractivity contribution is 5.53. The molecule has 0 aliphatic heterocycles. The van der Waals surface area contributed by atoms with Gasteiger partial charge in [-0.05, 0) is 60.1 Å². The molecule has 0 saturated heterocycles. The van der Waals surface area contributed by atoms with Crippen molar-refractivity contribution in [1.29, 1.82) is 0 Å². The Labute approximate surface area is 127 Å². The minimum atomic E-state index is 0.257. The predicted octanol–water partition coefficient (Wildman–Crippen LogP) is 5.41. The molecule has 1 fully saturated rings. The molecular weight excluding hydrogens is 252 g/mol. The van der Waals surface area contributed by atoms with Crippen LogP contribution in [0.3, 0.4) is 0 Å². The SMILES string of the molecule is C1=CC=CC2=C(C=1)CCc1ccccc1C21CCCCC1. The largest absolute Gasteiger partial charge is 0.121 e. The molecule has 3 aliphatic rings. The number of benzene rings is 1. The van der Waals surface area contributed by atoms with E-state index >= 15 is 0 Å². The first-order valence-corrected chi connectivity index (χ1v) is 8.31. The summed E-state index contributed by atoms with van der Waals surface area (Å²) >= 11 is 0. The van der Waals surface area contributed by atoms with E-state index in [1.807, 2.05) is 0 Å². The Morgan fingerprint density at radius 1 is 0.952 bits per heavy atom. The molecule has 1 aromatic carbocycles. The summed E-state index contributed by atoms with van der Waals surface area (Å²) in [6, 6.07) is 9.18. The maximum absolute atomic E-state index is 3.33. The van der Waals surface area contributed by atoms with E-state index in [-0.39, 0.29) is 5.41 Å². The Balaban J connectivity index is 1.96. The van der Waals surface area contributed by atoms with Crippen LogP contribution in [0, 0.1) is 0 Å². The fourth-order valence-corrected chi connectivity index (χ4v) is 4.52. The Morgan fingerprint density at radius 3 is 2.71 bits per heavy atom. The van der Waals surface area contributed by atoms with Crippen LogP contribution in [-0.4, -0.2) is 0 Å². The van der Waals surface area contributed by atoms with Gasteiger partial charge < -0.3 is 0 Å². The van der Waals surface area contributed by atoms with E-state index in [0.717, 1.165) is 6.42 Å². The monoisotopic (exact) mass is 274 g/mol. The Kier molecular flexibility index (Phi) is 3.20. The van der Waals surface area contributed by atoms with E-state index in [9.17, 15) is 0 Å². The first-order valence-electron chi connectivity index (χ1n) is 8.31. The van der Waals surface area contributed by atoms with Crippen molar-refractivity contribution in [2.75, 3.05) is 0 Å². The van der Waals surface area contributed by atoms with E-state index in [4.69, 9.17) is 0 Å². The summed E-state index contributed by atoms with van der Waals surface area (Å²) in [6.07, 6.45) is 17.9. The van der Waals surface area contributed by atoms with Crippen LogP contribution in [0.5, 0.6) is 0 Å². The van der Waals surface area contributed by atoms with Crippen molar-refractivity contribution < 1.29 is 0 Å². The van der Waals surface area contributed by atoms with Gasteiger partial charge in [-0.25, -0.2) is 0 Å². The predicted molar refractivity (Wildman–Crippen MR) is 88.3 cm³/mol. The average molecular weight is 274 g/mol. The minimum absolute atomic E-state index is 0.257. The summed E-state index contributed by atoms with van der Waals surface area (Å²) in [5.41, 5.74) is 9.85. The molecule has 0 radical (unpaired) electrons. The normalized spacial score (nSPS) is 22.7. The molecule has 0 nitrogen and oxygen atoms in total. The van der Waals surface area contributed by atoms with Crippen LogP contribution in [0.2, 0.25) is 0 Å². The van der Waals surface area contributed by atoms with Gasteiger partial charge in [0.15, 0.2) is 0 Å². The molecule has 0 N–H and O–H groups in total. The molecular formula is C21H22. The molecule has 0 aromatic heterocycles. The topological polar surface area (TPSA) is 0 Å². The summed E-state index contributed by atoms with van der Waals surface area (Å²) < 4.78 is 0. The molecule has 21 heavy (non-hydrogen) atoms. The summed E-state index contributed by atoms with van der Waals surface area (Å²) in [5.74, 6) is 0. The van der Waals surface area contributed by atoms with Crippen molar-refractivity contribution in [2.45, 2.75) is 50.4 Å². The third kappa shape index (κ3) is 2.06. The van der Waals surface area contributed by atoms with Crippen LogP contribution in [0.4, 0.5) is 0 Å². The van der Waals surface area contributed by atoms with Crippen LogP contribution in [0.25, 0.3) is 0 Å². The van der Waals surface area contributed by atoms with Crippen molar-refractivity contribution in [2.24, 2.45) is 0 Å². The maximum Gasteiger partial charge on any atom is 0.0208 e. The molecule has 1 aromatic rings. The van der Waals surface area contributed by atoms with E-state index in [0.29, 0.717) is 0 Å². The van der Waals surface area contributed by atoms with Crippen LogP contribution in [0.15, 0.2) is 65.4 Å². The van der Waals surface area contributed by atoms with Crippen molar-refractivity contribution in [3.63, 3.8) is 0 Å². The lowest BCUT2D eigenvalue weighted by molar-refractivity contribution is 0.343. The zero-order valence-electron chi connectivity index (χ0n) is 12.6. The molecule has 106 valence electrons. The molecule has 0 heteroatoms. The minimum Gasteiger partial charge on any atom is -0.121 e. The van der Waals surface area contributed by atoms with Gasteiger partial charge in [-0.2, -0.15) is 0 Å². The zero-order chi connectivity index (χ0) is 14.1. The maximum atomic E-state index is 3.33. The number of fused-ring (bicyclic) bond motifs is 3. The van der Waals surface area contributed by atoms with Crippen molar-refractivity contribution in [1.82, 2.24) is 0 Å². The van der Waals surface area contributed by atoms with Crippen molar-refractivity contribution in [3.05, 3.63) is 76.6 Å². The van der Waals surface area contributed by atoms with Crippen LogP contribution in [-0.2, 0) is 11.8 Å². The second kappa shape index (κ2) is 5.20. The molecule has 0 amide bonds. The van der Waals surface area contributed by atoms with Crippen LogP contribution < -0.4 is 0 Å². The Bertz CT molecular complexity index is 672. The molecule has 1 saturated carbocycles. The van der Waals surface area contributed by atoms with Gasteiger partial charge in [0.2, 0.25) is 0 Å². The van der Waals surface area contributed by atoms with Gasteiger partial charge in [-0.1, -0.05) is 55.7 Å². The number of hydrogen-bond donors (Lipinski definition) is 0. The van der Waals surface area contributed by atoms with Crippen molar-refractivity contribution in [3.8, 4) is 0 Å². The molecule has 0 unspecified atom stereocenters. The Morgan fingerprint density at radius 2 is 1.81 bits per heavy atom. The third-order valence-corrected chi connectivity index (χ3v) is 5.48. The van der Waals surface area contributed by atoms with Gasteiger partial charge in [0.1, 0.15) is 0 Å². The first-order chi connectivity index (χ1) is 10.4. The summed E-state index contributed by atoms with van der Waals surface area (Å²) in [7, 11) is 0. The molecule has 0 bridgehead atoms. The third-order valence-electron chi connectivity index (χ3n) is 5.48. The number of hydrogen-bond acceptors (Lipinski definition) is 0. The van der Waals surface area contributed by atoms with Gasteiger partial charge in [0.05, 0.1) is 0 Å². The highest BCUT2D eigenvalue weighted by atomic mass is 14.4. The quantitative estimate of drug-likeness (QED) is 0.555. The summed E-state index contributed by atoms with van der Waals surface area (Å²) in [5, 5.41) is 0. The van der Waals surface area contributed by atoms with Crippen LogP contribution in [0.1, 0.15) is 49.7 Å². The number of rotatable bonds is 0. The highest BCUT2D eigenvalue weighted by Gasteiger charge is 2.40. The number of aryl methyl sites for hydroxylation is 1. The zero-order valence-corrected chi connectivity index (χ0v) is 12.6. The fourth-order valence-electron chi connectivity index (χ4n) is 4.52. The molecule has 1 spiro atoms. The van der Waals surface area contributed by atoms with Crippen molar-refractivity contribution >= 4 is 0 Å². The lowest BCUT2D eigenvalue weighted by Crippen LogP contribution is -2.31. The smallest absolute Gasteiger partial charge is 0.0208 e. The molecule has 3 aliphatic carbocycles. The first kappa shape index (κ1) is 12.9. The summed E-state index contributed by atoms with van der Waals surface area (Å²) in [4.78, 5) is 0. The lowest BCUT2D eigenvalue weighted by Gasteiger charge is -2.40. The molecule has 4 rings (SSSR count). The van der Waals surface area contributed by atoms with E-state index < -0.39 is 0 Å². The summed E-state index contributed by atoms with van der Waals surface area (Å²) in [6.45, 7) is 0. The second-order valence-electron chi connectivity index (χ2n) is 6.58.